The average Bonchev–Trinajstić information content (AvgIpc) is 3.67. The first-order chi connectivity index (χ1) is 16.1. The van der Waals surface area contributed by atoms with Gasteiger partial charge in [-0.1, -0.05) is 116 Å². The summed E-state index contributed by atoms with van der Waals surface area (Å²) in [6.45, 7) is 16.2. The molecule has 0 saturated heterocycles. The van der Waals surface area contributed by atoms with Crippen molar-refractivity contribution in [2.45, 2.75) is 137 Å². The molecule has 4 atom stereocenters. The molecule has 0 spiro atoms. The summed E-state index contributed by atoms with van der Waals surface area (Å²) < 4.78 is 0. The number of allylic oxidation sites excluding steroid dienone is 4. The molecule has 0 N–H and O–H groups in total. The largest absolute Gasteiger partial charge is 0.103 e. The summed E-state index contributed by atoms with van der Waals surface area (Å²) in [5.74, 6) is 6.16. The maximum atomic E-state index is 3.83. The molecule has 0 heteroatoms. The molecule has 4 aliphatic rings. The molecule has 0 radical (unpaired) electrons. The Hall–Kier alpha value is -0.780. The number of fused-ring (bicyclic) bond motifs is 2. The van der Waals surface area contributed by atoms with Crippen molar-refractivity contribution in [3.63, 3.8) is 0 Å². The van der Waals surface area contributed by atoms with Crippen LogP contribution in [0, 0.1) is 35.5 Å². The van der Waals surface area contributed by atoms with Gasteiger partial charge < -0.3 is 0 Å². The standard InChI is InChI=1S/C11H22.C11H18.C7H12.C4H8.H2/c2*1-3-5-6-11-8-7-10(4-2)9-11;1-2-7-4-3-6(1)5-7;1-3-4-2;/h10-11H,3-9H2,1-2H3;4-6,10-11H,2-3,7-9H2,1H3;6-7H,1-5H2;3H,1,4H2,2H3;1H/b;6-5-;;;. The zero-order valence-corrected chi connectivity index (χ0v) is 23.2. The Morgan fingerprint density at radius 3 is 1.70 bits per heavy atom. The maximum absolute atomic E-state index is 3.83. The van der Waals surface area contributed by atoms with Crippen molar-refractivity contribution >= 4 is 0 Å². The lowest BCUT2D eigenvalue weighted by molar-refractivity contribution is 0.444. The van der Waals surface area contributed by atoms with E-state index in [9.17, 15) is 0 Å². The zero-order valence-electron chi connectivity index (χ0n) is 23.2. The molecule has 2 bridgehead atoms. The van der Waals surface area contributed by atoms with Gasteiger partial charge in [0.25, 0.3) is 0 Å². The molecule has 4 unspecified atom stereocenters. The van der Waals surface area contributed by atoms with Gasteiger partial charge in [-0.15, -0.1) is 13.2 Å². The number of hydrogen-bond donors (Lipinski definition) is 0. The van der Waals surface area contributed by atoms with Gasteiger partial charge in [-0.3, -0.25) is 0 Å². The molecule has 0 aromatic carbocycles. The van der Waals surface area contributed by atoms with E-state index in [1.807, 2.05) is 6.08 Å². The van der Waals surface area contributed by atoms with Crippen molar-refractivity contribution < 1.29 is 1.43 Å². The summed E-state index contributed by atoms with van der Waals surface area (Å²) >= 11 is 0. The van der Waals surface area contributed by atoms with Crippen LogP contribution in [0.2, 0.25) is 0 Å². The molecule has 0 nitrogen and oxygen atoms in total. The summed E-state index contributed by atoms with van der Waals surface area (Å²) in [5.41, 5.74) is 0. The van der Waals surface area contributed by atoms with Crippen LogP contribution < -0.4 is 0 Å². The highest BCUT2D eigenvalue weighted by Gasteiger charge is 2.30. The highest BCUT2D eigenvalue weighted by atomic mass is 14.4. The van der Waals surface area contributed by atoms with Gasteiger partial charge in [0.1, 0.15) is 0 Å². The molecule has 0 heterocycles. The first-order valence-electron chi connectivity index (χ1n) is 15.0. The minimum Gasteiger partial charge on any atom is -0.103 e. The molecule has 0 aromatic heterocycles. The van der Waals surface area contributed by atoms with Gasteiger partial charge in [-0.25, -0.2) is 0 Å². The van der Waals surface area contributed by atoms with E-state index in [1.54, 1.807) is 32.1 Å². The lowest BCUT2D eigenvalue weighted by Crippen LogP contribution is -1.95. The Balaban J connectivity index is 0.000000446. The third kappa shape index (κ3) is 13.6. The quantitative estimate of drug-likeness (QED) is 0.317. The van der Waals surface area contributed by atoms with E-state index >= 15 is 0 Å². The van der Waals surface area contributed by atoms with E-state index < -0.39 is 0 Å². The Morgan fingerprint density at radius 2 is 1.30 bits per heavy atom. The van der Waals surface area contributed by atoms with Crippen LogP contribution in [0.25, 0.3) is 0 Å². The molecule has 4 rings (SSSR count). The minimum absolute atomic E-state index is 0. The van der Waals surface area contributed by atoms with Gasteiger partial charge in [0, 0.05) is 1.43 Å². The Kier molecular flexibility index (Phi) is 17.9. The molecule has 4 fully saturated rings. The average molecular weight is 459 g/mol. The van der Waals surface area contributed by atoms with Crippen molar-refractivity contribution in [1.29, 1.82) is 0 Å². The highest BCUT2D eigenvalue weighted by Crippen LogP contribution is 2.44. The Bertz CT molecular complexity index is 489. The summed E-state index contributed by atoms with van der Waals surface area (Å²) in [7, 11) is 0. The second-order valence-electron chi connectivity index (χ2n) is 11.3. The maximum Gasteiger partial charge on any atom is 0 e. The van der Waals surface area contributed by atoms with Crippen molar-refractivity contribution in [3.05, 3.63) is 37.5 Å². The lowest BCUT2D eigenvalue weighted by atomic mass is 9.98. The zero-order chi connectivity index (χ0) is 24.3. The third-order valence-corrected chi connectivity index (χ3v) is 8.61. The second-order valence-corrected chi connectivity index (χ2v) is 11.3. The first-order valence-corrected chi connectivity index (χ1v) is 15.0. The van der Waals surface area contributed by atoms with Crippen molar-refractivity contribution in [2.24, 2.45) is 35.5 Å². The third-order valence-electron chi connectivity index (χ3n) is 8.61. The first kappa shape index (κ1) is 30.3. The van der Waals surface area contributed by atoms with Crippen LogP contribution in [0.1, 0.15) is 138 Å². The minimum atomic E-state index is 0. The summed E-state index contributed by atoms with van der Waals surface area (Å²) in [6.07, 6.45) is 33.1. The summed E-state index contributed by atoms with van der Waals surface area (Å²) in [5, 5.41) is 0. The van der Waals surface area contributed by atoms with Crippen LogP contribution in [0.5, 0.6) is 0 Å². The van der Waals surface area contributed by atoms with E-state index in [1.165, 1.54) is 82.5 Å². The van der Waals surface area contributed by atoms with Gasteiger partial charge in [0.2, 0.25) is 0 Å². The van der Waals surface area contributed by atoms with Crippen molar-refractivity contribution in [3.8, 4) is 0 Å². The van der Waals surface area contributed by atoms with Gasteiger partial charge in [-0.05, 0) is 80.5 Å². The molecule has 0 amide bonds. The fourth-order valence-corrected chi connectivity index (χ4v) is 6.25. The molecule has 0 aliphatic heterocycles. The predicted octanol–water partition coefficient (Wildman–Crippen LogP) is 11.6. The molecular formula is C33H62. The molecule has 0 aromatic rings. The summed E-state index contributed by atoms with van der Waals surface area (Å²) in [6, 6.07) is 0. The monoisotopic (exact) mass is 458 g/mol. The number of rotatable bonds is 8. The van der Waals surface area contributed by atoms with E-state index in [4.69, 9.17) is 0 Å². The van der Waals surface area contributed by atoms with E-state index in [0.29, 0.717) is 0 Å². The molecular weight excluding hydrogens is 396 g/mol. The van der Waals surface area contributed by atoms with Crippen LogP contribution in [0.4, 0.5) is 0 Å². The Labute approximate surface area is 211 Å². The number of hydrogen-bond acceptors (Lipinski definition) is 0. The van der Waals surface area contributed by atoms with Gasteiger partial charge >= 0.3 is 0 Å². The van der Waals surface area contributed by atoms with Crippen LogP contribution in [0.3, 0.4) is 0 Å². The topological polar surface area (TPSA) is 0 Å². The molecule has 33 heavy (non-hydrogen) atoms. The molecule has 4 saturated carbocycles. The number of unbranched alkanes of at least 4 members (excludes halogenated alkanes) is 1. The van der Waals surface area contributed by atoms with Crippen LogP contribution in [0.15, 0.2) is 37.5 Å². The smallest absolute Gasteiger partial charge is 0 e. The highest BCUT2D eigenvalue weighted by molar-refractivity contribution is 4.96. The van der Waals surface area contributed by atoms with Crippen LogP contribution in [-0.2, 0) is 0 Å². The molecule has 4 aliphatic carbocycles. The lowest BCUT2D eigenvalue weighted by Gasteiger charge is -2.08. The van der Waals surface area contributed by atoms with Gasteiger partial charge in [-0.2, -0.15) is 0 Å². The Morgan fingerprint density at radius 1 is 0.697 bits per heavy atom. The van der Waals surface area contributed by atoms with Crippen LogP contribution in [-0.4, -0.2) is 0 Å². The second kappa shape index (κ2) is 19.5. The normalized spacial score (nSPS) is 31.8. The van der Waals surface area contributed by atoms with Crippen molar-refractivity contribution in [1.82, 2.24) is 0 Å². The van der Waals surface area contributed by atoms with E-state index in [0.717, 1.165) is 30.1 Å². The van der Waals surface area contributed by atoms with E-state index in [-0.39, 0.29) is 1.43 Å². The summed E-state index contributed by atoms with van der Waals surface area (Å²) in [4.78, 5) is 0. The van der Waals surface area contributed by atoms with Gasteiger partial charge in [0.05, 0.1) is 0 Å². The van der Waals surface area contributed by atoms with Crippen LogP contribution >= 0.6 is 0 Å². The fraction of sp³-hybridized carbons (Fsp3) is 0.818. The van der Waals surface area contributed by atoms with E-state index in [2.05, 4.69) is 59.1 Å². The van der Waals surface area contributed by atoms with Crippen molar-refractivity contribution in [2.75, 3.05) is 0 Å². The SMILES string of the molecule is C1CC2CCC1C2.C=CC1CCC(/C=C\CC)C1.C=CCC.CCCCC1CCC(CC)C1.[HH]. The molecule has 194 valence electrons. The van der Waals surface area contributed by atoms with Gasteiger partial charge in [0.15, 0.2) is 0 Å². The fourth-order valence-electron chi connectivity index (χ4n) is 6.25. The predicted molar refractivity (Wildman–Crippen MR) is 154 cm³/mol.